The smallest absolute Gasteiger partial charge is 0.272 e. The normalized spacial score (nSPS) is 12.1. The molecule has 0 radical (unpaired) electrons. The molecule has 2 heterocycles. The lowest BCUT2D eigenvalue weighted by molar-refractivity contribution is 0.191. The fourth-order valence-electron chi connectivity index (χ4n) is 2.46. The molecule has 0 aliphatic heterocycles. The standard InChI is InChI=1S/C20H20ClIN2O3S/c1-20(2,3)11-27-17-12(6-5-7-14(17)26-4)8-9-13-16(22)18(25)24-10-15(21)28-19(24)23-13/h5-10H,11H2,1-4H3/b9-8+. The predicted octanol–water partition coefficient (Wildman–Crippen LogP) is 5.62. The van der Waals surface area contributed by atoms with E-state index in [0.29, 0.717) is 36.7 Å². The van der Waals surface area contributed by atoms with Gasteiger partial charge in [-0.15, -0.1) is 0 Å². The van der Waals surface area contributed by atoms with Crippen LogP contribution >= 0.6 is 45.5 Å². The van der Waals surface area contributed by atoms with Gasteiger partial charge in [0.2, 0.25) is 0 Å². The van der Waals surface area contributed by atoms with E-state index >= 15 is 0 Å². The molecule has 0 unspecified atom stereocenters. The molecule has 3 rings (SSSR count). The van der Waals surface area contributed by atoms with E-state index < -0.39 is 0 Å². The summed E-state index contributed by atoms with van der Waals surface area (Å²) in [5.41, 5.74) is 1.32. The first kappa shape index (κ1) is 21.1. The number of methoxy groups -OCH3 is 1. The van der Waals surface area contributed by atoms with E-state index in [2.05, 4.69) is 25.8 Å². The fourth-order valence-corrected chi connectivity index (χ4v) is 4.03. The maximum absolute atomic E-state index is 12.5. The van der Waals surface area contributed by atoms with Crippen molar-refractivity contribution in [3.8, 4) is 11.5 Å². The lowest BCUT2D eigenvalue weighted by Gasteiger charge is -2.21. The zero-order valence-electron chi connectivity index (χ0n) is 16.0. The quantitative estimate of drug-likeness (QED) is 0.402. The van der Waals surface area contributed by atoms with Gasteiger partial charge < -0.3 is 9.47 Å². The number of ether oxygens (including phenoxy) is 2. The Hall–Kier alpha value is -1.58. The molecule has 0 bridgehead atoms. The number of benzene rings is 1. The molecule has 0 atom stereocenters. The van der Waals surface area contributed by atoms with Crippen molar-refractivity contribution in [1.82, 2.24) is 9.38 Å². The summed E-state index contributed by atoms with van der Waals surface area (Å²) in [6.45, 7) is 6.88. The van der Waals surface area contributed by atoms with Crippen molar-refractivity contribution in [1.29, 1.82) is 0 Å². The summed E-state index contributed by atoms with van der Waals surface area (Å²) in [7, 11) is 1.62. The largest absolute Gasteiger partial charge is 0.493 e. The van der Waals surface area contributed by atoms with Crippen LogP contribution in [-0.2, 0) is 0 Å². The summed E-state index contributed by atoms with van der Waals surface area (Å²) in [6.07, 6.45) is 5.29. The average Bonchev–Trinajstić information content (AvgIpc) is 3.01. The minimum atomic E-state index is -0.136. The van der Waals surface area contributed by atoms with Crippen LogP contribution in [0.15, 0.2) is 29.2 Å². The second-order valence-corrected chi connectivity index (χ2v) is 10.1. The van der Waals surface area contributed by atoms with Gasteiger partial charge >= 0.3 is 0 Å². The molecular formula is C20H20ClIN2O3S. The van der Waals surface area contributed by atoms with Crippen LogP contribution in [0.3, 0.4) is 0 Å². The van der Waals surface area contributed by atoms with Crippen LogP contribution < -0.4 is 15.0 Å². The minimum Gasteiger partial charge on any atom is -0.493 e. The van der Waals surface area contributed by atoms with E-state index in [1.165, 1.54) is 15.7 Å². The highest BCUT2D eigenvalue weighted by Crippen LogP contribution is 2.34. The summed E-state index contributed by atoms with van der Waals surface area (Å²) >= 11 is 9.31. The van der Waals surface area contributed by atoms with Crippen LogP contribution in [0.4, 0.5) is 0 Å². The van der Waals surface area contributed by atoms with E-state index in [1.807, 2.05) is 52.9 Å². The van der Waals surface area contributed by atoms with Crippen LogP contribution in [-0.4, -0.2) is 23.1 Å². The highest BCUT2D eigenvalue weighted by atomic mass is 127. The van der Waals surface area contributed by atoms with E-state index in [-0.39, 0.29) is 11.0 Å². The number of hydrogen-bond acceptors (Lipinski definition) is 5. The molecule has 0 N–H and O–H groups in total. The lowest BCUT2D eigenvalue weighted by Crippen LogP contribution is -2.17. The van der Waals surface area contributed by atoms with Gasteiger partial charge in [0.1, 0.15) is 7.91 Å². The van der Waals surface area contributed by atoms with Crippen molar-refractivity contribution in [2.45, 2.75) is 20.8 Å². The number of hydrogen-bond donors (Lipinski definition) is 0. The van der Waals surface area contributed by atoms with E-state index in [1.54, 1.807) is 13.3 Å². The summed E-state index contributed by atoms with van der Waals surface area (Å²) in [5.74, 6) is 1.33. The molecule has 2 aromatic heterocycles. The Morgan fingerprint density at radius 3 is 2.75 bits per heavy atom. The van der Waals surface area contributed by atoms with Gasteiger partial charge in [0.15, 0.2) is 16.5 Å². The van der Waals surface area contributed by atoms with Gasteiger partial charge in [-0.05, 0) is 46.2 Å². The van der Waals surface area contributed by atoms with Gasteiger partial charge in [-0.1, -0.05) is 55.8 Å². The van der Waals surface area contributed by atoms with Crippen LogP contribution in [0.2, 0.25) is 4.34 Å². The summed E-state index contributed by atoms with van der Waals surface area (Å²) in [5, 5.41) is 0. The van der Waals surface area contributed by atoms with Gasteiger partial charge in [0, 0.05) is 11.8 Å². The topological polar surface area (TPSA) is 52.8 Å². The Bertz CT molecular complexity index is 1100. The van der Waals surface area contributed by atoms with E-state index in [9.17, 15) is 4.79 Å². The predicted molar refractivity (Wildman–Crippen MR) is 124 cm³/mol. The Labute approximate surface area is 186 Å². The van der Waals surface area contributed by atoms with E-state index in [0.717, 1.165) is 5.56 Å². The molecule has 28 heavy (non-hydrogen) atoms. The van der Waals surface area contributed by atoms with Gasteiger partial charge in [-0.3, -0.25) is 9.20 Å². The van der Waals surface area contributed by atoms with Crippen molar-refractivity contribution >= 4 is 62.6 Å². The maximum Gasteiger partial charge on any atom is 0.272 e. The van der Waals surface area contributed by atoms with Gasteiger partial charge in [0.05, 0.1) is 19.4 Å². The number of para-hydroxylation sites is 1. The zero-order valence-corrected chi connectivity index (χ0v) is 19.7. The minimum absolute atomic E-state index is 0.0108. The van der Waals surface area contributed by atoms with Gasteiger partial charge in [0.25, 0.3) is 5.56 Å². The first-order valence-electron chi connectivity index (χ1n) is 8.55. The highest BCUT2D eigenvalue weighted by molar-refractivity contribution is 14.1. The Balaban J connectivity index is 2.01. The molecule has 0 aliphatic carbocycles. The monoisotopic (exact) mass is 530 g/mol. The van der Waals surface area contributed by atoms with Crippen LogP contribution in [0.1, 0.15) is 32.0 Å². The number of aromatic nitrogens is 2. The number of halogens is 2. The zero-order chi connectivity index (χ0) is 20.5. The SMILES string of the molecule is COc1cccc(/C=C/c2nc3sc(Cl)cn3c(=O)c2I)c1OCC(C)(C)C. The molecule has 0 spiro atoms. The van der Waals surface area contributed by atoms with Gasteiger partial charge in [-0.2, -0.15) is 0 Å². The number of rotatable bonds is 5. The molecule has 1 aromatic carbocycles. The lowest BCUT2D eigenvalue weighted by atomic mass is 9.98. The summed E-state index contributed by atoms with van der Waals surface area (Å²) in [4.78, 5) is 17.7. The number of thiazole rings is 1. The van der Waals surface area contributed by atoms with Crippen molar-refractivity contribution in [3.05, 3.63) is 53.9 Å². The molecule has 148 valence electrons. The first-order valence-corrected chi connectivity index (χ1v) is 10.8. The van der Waals surface area contributed by atoms with Crippen molar-refractivity contribution in [2.75, 3.05) is 13.7 Å². The molecule has 0 amide bonds. The number of fused-ring (bicyclic) bond motifs is 1. The molecular weight excluding hydrogens is 511 g/mol. The average molecular weight is 531 g/mol. The Morgan fingerprint density at radius 1 is 1.32 bits per heavy atom. The van der Waals surface area contributed by atoms with Crippen molar-refractivity contribution in [3.63, 3.8) is 0 Å². The molecule has 8 heteroatoms. The molecule has 5 nitrogen and oxygen atoms in total. The Kier molecular flexibility index (Phi) is 6.36. The second kappa shape index (κ2) is 8.42. The third kappa shape index (κ3) is 4.69. The third-order valence-electron chi connectivity index (χ3n) is 3.77. The number of nitrogens with zero attached hydrogens (tertiary/aromatic N) is 2. The highest BCUT2D eigenvalue weighted by Gasteiger charge is 2.16. The molecule has 0 saturated carbocycles. The van der Waals surface area contributed by atoms with E-state index in [4.69, 9.17) is 21.1 Å². The second-order valence-electron chi connectivity index (χ2n) is 7.37. The van der Waals surface area contributed by atoms with Gasteiger partial charge in [-0.25, -0.2) is 4.98 Å². The Morgan fingerprint density at radius 2 is 2.07 bits per heavy atom. The molecule has 0 fully saturated rings. The van der Waals surface area contributed by atoms with Crippen LogP contribution in [0, 0.1) is 8.99 Å². The summed E-state index contributed by atoms with van der Waals surface area (Å²) in [6, 6.07) is 5.71. The van der Waals surface area contributed by atoms with Crippen molar-refractivity contribution in [2.24, 2.45) is 5.41 Å². The van der Waals surface area contributed by atoms with Crippen molar-refractivity contribution < 1.29 is 9.47 Å². The van der Waals surface area contributed by atoms with Crippen LogP contribution in [0.5, 0.6) is 11.5 Å². The maximum atomic E-state index is 12.5. The fraction of sp³-hybridized carbons (Fsp3) is 0.300. The third-order valence-corrected chi connectivity index (χ3v) is 5.89. The summed E-state index contributed by atoms with van der Waals surface area (Å²) < 4.78 is 14.0. The van der Waals surface area contributed by atoms with Crippen LogP contribution in [0.25, 0.3) is 17.1 Å². The molecule has 0 saturated heterocycles. The first-order chi connectivity index (χ1) is 13.2. The molecule has 0 aliphatic rings. The molecule has 3 aromatic rings.